The minimum Gasteiger partial charge on any atom is -0.507 e. The van der Waals surface area contributed by atoms with Gasteiger partial charge in [0.1, 0.15) is 11.5 Å². The van der Waals surface area contributed by atoms with Gasteiger partial charge in [0.15, 0.2) is 6.23 Å². The van der Waals surface area contributed by atoms with Crippen molar-refractivity contribution in [3.05, 3.63) is 58.1 Å². The molecule has 0 spiro atoms. The van der Waals surface area contributed by atoms with Crippen molar-refractivity contribution >= 4 is 33.4 Å². The van der Waals surface area contributed by atoms with Gasteiger partial charge in [0, 0.05) is 28.4 Å². The van der Waals surface area contributed by atoms with E-state index in [1.807, 2.05) is 42.1 Å². The van der Waals surface area contributed by atoms with Gasteiger partial charge < -0.3 is 9.84 Å². The van der Waals surface area contributed by atoms with Gasteiger partial charge in [0.2, 0.25) is 0 Å². The Morgan fingerprint density at radius 1 is 1.32 bits per heavy atom. The molecule has 130 valence electrons. The number of benzene rings is 2. The molecule has 0 saturated heterocycles. The minimum atomic E-state index is -0.0746. The number of fused-ring (bicyclic) bond motifs is 3. The molecule has 2 aliphatic heterocycles. The molecular weight excluding hydrogens is 400 g/mol. The molecule has 0 bridgehead atoms. The Balaban J connectivity index is 1.73. The van der Waals surface area contributed by atoms with Gasteiger partial charge in [-0.05, 0) is 42.3 Å². The second-order valence-electron chi connectivity index (χ2n) is 6.20. The predicted octanol–water partition coefficient (Wildman–Crippen LogP) is 4.78. The third kappa shape index (κ3) is 3.13. The molecule has 2 atom stereocenters. The van der Waals surface area contributed by atoms with Crippen LogP contribution in [0.1, 0.15) is 30.0 Å². The largest absolute Gasteiger partial charge is 0.507 e. The van der Waals surface area contributed by atoms with Gasteiger partial charge in [-0.15, -0.1) is 0 Å². The van der Waals surface area contributed by atoms with Crippen LogP contribution in [0.25, 0.3) is 0 Å². The zero-order valence-corrected chi connectivity index (χ0v) is 16.3. The first-order valence-electron chi connectivity index (χ1n) is 8.26. The molecule has 4 nitrogen and oxygen atoms in total. The van der Waals surface area contributed by atoms with Crippen molar-refractivity contribution in [2.45, 2.75) is 25.1 Å². The number of phenolic OH excluding ortho intramolecular Hbond substituents is 1. The number of hydrogen-bond acceptors (Lipinski definition) is 5. The van der Waals surface area contributed by atoms with Gasteiger partial charge in [-0.1, -0.05) is 28.1 Å². The highest BCUT2D eigenvalue weighted by molar-refractivity contribution is 9.10. The first-order chi connectivity index (χ1) is 12.2. The maximum Gasteiger partial charge on any atom is 0.188 e. The van der Waals surface area contributed by atoms with Crippen molar-refractivity contribution in [2.75, 3.05) is 12.0 Å². The first kappa shape index (κ1) is 16.8. The Morgan fingerprint density at radius 3 is 2.96 bits per heavy atom. The number of hydrogen-bond donors (Lipinski definition) is 1. The number of rotatable bonds is 4. The Labute approximate surface area is 160 Å². The monoisotopic (exact) mass is 418 g/mol. The molecule has 0 radical (unpaired) electrons. The van der Waals surface area contributed by atoms with E-state index in [-0.39, 0.29) is 18.0 Å². The average Bonchev–Trinajstić information content (AvgIpc) is 3.06. The minimum absolute atomic E-state index is 0.0746. The van der Waals surface area contributed by atoms with Crippen LogP contribution >= 0.6 is 27.7 Å². The summed E-state index contributed by atoms with van der Waals surface area (Å²) >= 11 is 5.37. The SMILES string of the molecule is CSCC[C@@H]1Oc2ccc(Br)cc2[C@@H]2CC(c3ccccc3O)=NN12. The molecule has 0 amide bonds. The van der Waals surface area contributed by atoms with E-state index in [0.29, 0.717) is 0 Å². The Bertz CT molecular complexity index is 827. The third-order valence-electron chi connectivity index (χ3n) is 4.61. The van der Waals surface area contributed by atoms with E-state index in [4.69, 9.17) is 9.84 Å². The lowest BCUT2D eigenvalue weighted by molar-refractivity contribution is -0.0180. The van der Waals surface area contributed by atoms with Crippen molar-refractivity contribution in [3.8, 4) is 11.5 Å². The summed E-state index contributed by atoms with van der Waals surface area (Å²) in [6.07, 6.45) is 3.70. The lowest BCUT2D eigenvalue weighted by Crippen LogP contribution is -2.40. The molecule has 0 fully saturated rings. The van der Waals surface area contributed by atoms with E-state index in [1.54, 1.807) is 6.07 Å². The van der Waals surface area contributed by atoms with Gasteiger partial charge in [0.25, 0.3) is 0 Å². The summed E-state index contributed by atoms with van der Waals surface area (Å²) in [5.74, 6) is 2.22. The summed E-state index contributed by atoms with van der Waals surface area (Å²) in [5, 5.41) is 17.1. The molecule has 0 aliphatic carbocycles. The van der Waals surface area contributed by atoms with Crippen LogP contribution in [-0.2, 0) is 0 Å². The highest BCUT2D eigenvalue weighted by atomic mass is 79.9. The summed E-state index contributed by atoms with van der Waals surface area (Å²) in [7, 11) is 0. The van der Waals surface area contributed by atoms with E-state index in [9.17, 15) is 5.11 Å². The fraction of sp³-hybridized carbons (Fsp3) is 0.316. The summed E-state index contributed by atoms with van der Waals surface area (Å²) in [5.41, 5.74) is 2.86. The van der Waals surface area contributed by atoms with Crippen LogP contribution in [0.3, 0.4) is 0 Å². The van der Waals surface area contributed by atoms with Crippen molar-refractivity contribution < 1.29 is 9.84 Å². The van der Waals surface area contributed by atoms with Gasteiger partial charge in [0.05, 0.1) is 11.8 Å². The number of nitrogens with zero attached hydrogens (tertiary/aromatic N) is 2. The summed E-state index contributed by atoms with van der Waals surface area (Å²) in [4.78, 5) is 0. The highest BCUT2D eigenvalue weighted by Crippen LogP contribution is 2.45. The molecule has 0 aromatic heterocycles. The highest BCUT2D eigenvalue weighted by Gasteiger charge is 2.40. The van der Waals surface area contributed by atoms with Crippen LogP contribution in [0, 0.1) is 0 Å². The van der Waals surface area contributed by atoms with Crippen molar-refractivity contribution in [2.24, 2.45) is 5.10 Å². The molecule has 1 N–H and O–H groups in total. The van der Waals surface area contributed by atoms with Crippen molar-refractivity contribution in [1.29, 1.82) is 0 Å². The molecule has 2 aliphatic rings. The quantitative estimate of drug-likeness (QED) is 0.775. The Hall–Kier alpha value is -1.66. The Kier molecular flexibility index (Phi) is 4.65. The van der Waals surface area contributed by atoms with Gasteiger partial charge in [-0.2, -0.15) is 16.9 Å². The van der Waals surface area contributed by atoms with Crippen LogP contribution in [0.15, 0.2) is 52.0 Å². The topological polar surface area (TPSA) is 45.1 Å². The second kappa shape index (κ2) is 6.92. The number of hydrazone groups is 1. The predicted molar refractivity (Wildman–Crippen MR) is 105 cm³/mol. The van der Waals surface area contributed by atoms with Gasteiger partial charge in [-0.25, -0.2) is 0 Å². The molecule has 0 saturated carbocycles. The van der Waals surface area contributed by atoms with E-state index >= 15 is 0 Å². The maximum absolute atomic E-state index is 10.2. The number of ether oxygens (including phenoxy) is 1. The fourth-order valence-electron chi connectivity index (χ4n) is 3.42. The number of thioether (sulfide) groups is 1. The number of phenols is 1. The standard InChI is InChI=1S/C19H19BrN2O2S/c1-25-9-8-19-22-16(14-10-12(20)6-7-18(14)24-19)11-15(21-22)13-4-2-3-5-17(13)23/h2-7,10,16,19,23H,8-9,11H2,1H3/t16-,19-/m0/s1. The molecular formula is C19H19BrN2O2S. The van der Waals surface area contributed by atoms with E-state index < -0.39 is 0 Å². The van der Waals surface area contributed by atoms with Crippen LogP contribution in [0.2, 0.25) is 0 Å². The first-order valence-corrected chi connectivity index (χ1v) is 10.5. The van der Waals surface area contributed by atoms with E-state index in [2.05, 4.69) is 33.3 Å². The average molecular weight is 419 g/mol. The lowest BCUT2D eigenvalue weighted by Gasteiger charge is -2.38. The van der Waals surface area contributed by atoms with Crippen LogP contribution in [-0.4, -0.2) is 34.1 Å². The lowest BCUT2D eigenvalue weighted by atomic mass is 9.96. The fourth-order valence-corrected chi connectivity index (χ4v) is 4.24. The van der Waals surface area contributed by atoms with Crippen LogP contribution in [0.4, 0.5) is 0 Å². The third-order valence-corrected chi connectivity index (χ3v) is 5.75. The van der Waals surface area contributed by atoms with Crippen LogP contribution < -0.4 is 4.74 Å². The summed E-state index contributed by atoms with van der Waals surface area (Å²) in [6.45, 7) is 0. The van der Waals surface area contributed by atoms with Crippen molar-refractivity contribution in [3.63, 3.8) is 0 Å². The molecule has 2 aromatic carbocycles. The van der Waals surface area contributed by atoms with Crippen molar-refractivity contribution in [1.82, 2.24) is 5.01 Å². The molecule has 0 unspecified atom stereocenters. The zero-order valence-electron chi connectivity index (χ0n) is 13.9. The zero-order chi connectivity index (χ0) is 17.4. The molecule has 2 heterocycles. The van der Waals surface area contributed by atoms with Crippen LogP contribution in [0.5, 0.6) is 11.5 Å². The van der Waals surface area contributed by atoms with Gasteiger partial charge >= 0.3 is 0 Å². The van der Waals surface area contributed by atoms with Gasteiger partial charge in [-0.3, -0.25) is 5.01 Å². The molecule has 25 heavy (non-hydrogen) atoms. The molecule has 2 aromatic rings. The molecule has 6 heteroatoms. The number of halogens is 1. The smallest absolute Gasteiger partial charge is 0.188 e. The second-order valence-corrected chi connectivity index (χ2v) is 8.10. The Morgan fingerprint density at radius 2 is 2.16 bits per heavy atom. The molecule has 4 rings (SSSR count). The summed E-state index contributed by atoms with van der Waals surface area (Å²) < 4.78 is 7.28. The van der Waals surface area contributed by atoms with E-state index in [0.717, 1.165) is 45.7 Å². The van der Waals surface area contributed by atoms with E-state index in [1.165, 1.54) is 0 Å². The normalized spacial score (nSPS) is 21.4. The number of aromatic hydroxyl groups is 1. The maximum atomic E-state index is 10.2. The number of para-hydroxylation sites is 1. The summed E-state index contributed by atoms with van der Waals surface area (Å²) in [6, 6.07) is 13.7.